The number of carbonyl (C=O) groups excluding carboxylic acids is 1. The summed E-state index contributed by atoms with van der Waals surface area (Å²) in [5.74, 6) is -0.551. The summed E-state index contributed by atoms with van der Waals surface area (Å²) in [6, 6.07) is 20.7. The Hall–Kier alpha value is -3.45. The Morgan fingerprint density at radius 2 is 1.36 bits per heavy atom. The highest BCUT2D eigenvalue weighted by molar-refractivity contribution is 5.84. The van der Waals surface area contributed by atoms with Crippen molar-refractivity contribution in [3.05, 3.63) is 95.6 Å². The van der Waals surface area contributed by atoms with E-state index in [2.05, 4.69) is 15.1 Å². The number of piperazine rings is 1. The lowest BCUT2D eigenvalue weighted by molar-refractivity contribution is 0.168. The van der Waals surface area contributed by atoms with E-state index in [9.17, 15) is 13.6 Å². The predicted molar refractivity (Wildman–Crippen MR) is 126 cm³/mol. The Morgan fingerprint density at radius 3 is 1.85 bits per heavy atom. The molecule has 7 heteroatoms. The summed E-state index contributed by atoms with van der Waals surface area (Å²) in [4.78, 5) is 16.2. The fourth-order valence-corrected chi connectivity index (χ4v) is 4.18. The molecule has 1 heterocycles. The first-order chi connectivity index (χ1) is 16.0. The summed E-state index contributed by atoms with van der Waals surface area (Å²) in [5.41, 5.74) is 3.71. The van der Waals surface area contributed by atoms with Gasteiger partial charge >= 0.3 is 6.09 Å². The smallest absolute Gasteiger partial charge is 0.411 e. The highest BCUT2D eigenvalue weighted by atomic mass is 19.1. The van der Waals surface area contributed by atoms with E-state index >= 15 is 0 Å². The summed E-state index contributed by atoms with van der Waals surface area (Å²) in [6.07, 6.45) is -0.466. The minimum absolute atomic E-state index is 0.0792. The van der Waals surface area contributed by atoms with Crippen LogP contribution in [0.4, 0.5) is 25.0 Å². The van der Waals surface area contributed by atoms with E-state index in [-0.39, 0.29) is 17.7 Å². The first-order valence-corrected chi connectivity index (χ1v) is 11.1. The molecule has 1 aliphatic heterocycles. The van der Waals surface area contributed by atoms with E-state index in [0.717, 1.165) is 43.0 Å². The van der Waals surface area contributed by atoms with Crippen molar-refractivity contribution in [2.75, 3.05) is 43.0 Å². The fourth-order valence-electron chi connectivity index (χ4n) is 4.18. The molecule has 0 atom stereocenters. The monoisotopic (exact) mass is 451 g/mol. The SMILES string of the molecule is CCOC(=O)Nc1ccc(N2CCN(C(c3ccc(F)cc3)c3ccc(F)cc3)CC2)cc1. The van der Waals surface area contributed by atoms with Crippen molar-refractivity contribution in [1.82, 2.24) is 4.90 Å². The average molecular weight is 452 g/mol. The lowest BCUT2D eigenvalue weighted by atomic mass is 9.96. The maximum atomic E-state index is 13.5. The van der Waals surface area contributed by atoms with E-state index in [0.29, 0.717) is 12.3 Å². The van der Waals surface area contributed by atoms with Gasteiger partial charge in [0, 0.05) is 37.6 Å². The van der Waals surface area contributed by atoms with Gasteiger partial charge in [-0.25, -0.2) is 13.6 Å². The number of nitrogens with one attached hydrogen (secondary N) is 1. The first-order valence-electron chi connectivity index (χ1n) is 11.1. The topological polar surface area (TPSA) is 44.8 Å². The van der Waals surface area contributed by atoms with Crippen molar-refractivity contribution in [3.63, 3.8) is 0 Å². The highest BCUT2D eigenvalue weighted by Gasteiger charge is 2.26. The number of hydrogen-bond donors (Lipinski definition) is 1. The van der Waals surface area contributed by atoms with Crippen molar-refractivity contribution < 1.29 is 18.3 Å². The Kier molecular flexibility index (Phi) is 7.19. The zero-order valence-electron chi connectivity index (χ0n) is 18.5. The largest absolute Gasteiger partial charge is 0.450 e. The highest BCUT2D eigenvalue weighted by Crippen LogP contribution is 2.31. The third-order valence-corrected chi connectivity index (χ3v) is 5.81. The number of benzene rings is 3. The van der Waals surface area contributed by atoms with Gasteiger partial charge in [-0.1, -0.05) is 24.3 Å². The third kappa shape index (κ3) is 5.68. The Morgan fingerprint density at radius 1 is 0.848 bits per heavy atom. The van der Waals surface area contributed by atoms with Gasteiger partial charge in [0.05, 0.1) is 12.6 Å². The van der Waals surface area contributed by atoms with Crippen LogP contribution in [0.5, 0.6) is 0 Å². The molecule has 1 N–H and O–H groups in total. The van der Waals surface area contributed by atoms with Gasteiger partial charge in [0.1, 0.15) is 11.6 Å². The molecule has 3 aromatic rings. The number of rotatable bonds is 6. The zero-order chi connectivity index (χ0) is 23.2. The average Bonchev–Trinajstić information content (AvgIpc) is 2.83. The second-order valence-electron chi connectivity index (χ2n) is 7.92. The van der Waals surface area contributed by atoms with Gasteiger partial charge in [-0.05, 0) is 66.6 Å². The molecule has 0 bridgehead atoms. The van der Waals surface area contributed by atoms with E-state index in [1.807, 2.05) is 24.3 Å². The van der Waals surface area contributed by atoms with Crippen molar-refractivity contribution in [3.8, 4) is 0 Å². The molecule has 3 aromatic carbocycles. The van der Waals surface area contributed by atoms with Gasteiger partial charge in [0.25, 0.3) is 0 Å². The number of amides is 1. The molecule has 0 unspecified atom stereocenters. The molecule has 0 saturated carbocycles. The van der Waals surface area contributed by atoms with Gasteiger partial charge < -0.3 is 9.64 Å². The first kappa shape index (κ1) is 22.7. The molecule has 0 radical (unpaired) electrons. The lowest BCUT2D eigenvalue weighted by Crippen LogP contribution is -2.48. The number of nitrogens with zero attached hydrogens (tertiary/aromatic N) is 2. The minimum Gasteiger partial charge on any atom is -0.450 e. The minimum atomic E-state index is -0.466. The van der Waals surface area contributed by atoms with Gasteiger partial charge in [-0.15, -0.1) is 0 Å². The number of hydrogen-bond acceptors (Lipinski definition) is 4. The zero-order valence-corrected chi connectivity index (χ0v) is 18.5. The van der Waals surface area contributed by atoms with Crippen LogP contribution in [0.2, 0.25) is 0 Å². The van der Waals surface area contributed by atoms with Crippen LogP contribution >= 0.6 is 0 Å². The fraction of sp³-hybridized carbons (Fsp3) is 0.269. The van der Waals surface area contributed by atoms with Crippen LogP contribution in [0.3, 0.4) is 0 Å². The molecule has 5 nitrogen and oxygen atoms in total. The van der Waals surface area contributed by atoms with Crippen LogP contribution in [-0.4, -0.2) is 43.8 Å². The van der Waals surface area contributed by atoms with Crippen LogP contribution in [0.15, 0.2) is 72.8 Å². The quantitative estimate of drug-likeness (QED) is 0.542. The van der Waals surface area contributed by atoms with Crippen LogP contribution < -0.4 is 10.2 Å². The molecule has 4 rings (SSSR count). The molecule has 33 heavy (non-hydrogen) atoms. The van der Waals surface area contributed by atoms with E-state index in [4.69, 9.17) is 4.74 Å². The molecule has 0 spiro atoms. The lowest BCUT2D eigenvalue weighted by Gasteiger charge is -2.40. The Balaban J connectivity index is 1.45. The predicted octanol–water partition coefficient (Wildman–Crippen LogP) is 5.44. The Bertz CT molecular complexity index is 1000. The van der Waals surface area contributed by atoms with Crippen molar-refractivity contribution in [2.45, 2.75) is 13.0 Å². The van der Waals surface area contributed by atoms with Crippen molar-refractivity contribution in [2.24, 2.45) is 0 Å². The summed E-state index contributed by atoms with van der Waals surface area (Å²) in [7, 11) is 0. The summed E-state index contributed by atoms with van der Waals surface area (Å²) in [5, 5.41) is 2.70. The molecule has 1 fully saturated rings. The molecule has 0 aromatic heterocycles. The molecule has 1 amide bonds. The maximum absolute atomic E-state index is 13.5. The van der Waals surface area contributed by atoms with Gasteiger partial charge in [0.2, 0.25) is 0 Å². The number of ether oxygens (including phenoxy) is 1. The number of halogens is 2. The van der Waals surface area contributed by atoms with Gasteiger partial charge in [-0.3, -0.25) is 10.2 Å². The second kappa shape index (κ2) is 10.4. The Labute approximate surface area is 192 Å². The van der Waals surface area contributed by atoms with Crippen LogP contribution in [0.1, 0.15) is 24.1 Å². The molecule has 1 aliphatic rings. The standard InChI is InChI=1S/C26H27F2N3O2/c1-2-33-26(32)29-23-11-13-24(14-12-23)30-15-17-31(18-16-30)25(19-3-7-21(27)8-4-19)20-5-9-22(28)10-6-20/h3-14,25H,2,15-18H2,1H3,(H,29,32). The van der Waals surface area contributed by atoms with Crippen LogP contribution in [0, 0.1) is 11.6 Å². The summed E-state index contributed by atoms with van der Waals surface area (Å²) >= 11 is 0. The maximum Gasteiger partial charge on any atom is 0.411 e. The molecular weight excluding hydrogens is 424 g/mol. The molecule has 1 saturated heterocycles. The summed E-state index contributed by atoms with van der Waals surface area (Å²) < 4.78 is 32.0. The molecule has 172 valence electrons. The van der Waals surface area contributed by atoms with E-state index in [1.165, 1.54) is 24.3 Å². The molecular formula is C26H27F2N3O2. The van der Waals surface area contributed by atoms with Crippen molar-refractivity contribution in [1.29, 1.82) is 0 Å². The number of carbonyl (C=O) groups is 1. The second-order valence-corrected chi connectivity index (χ2v) is 7.92. The molecule has 0 aliphatic carbocycles. The van der Waals surface area contributed by atoms with E-state index in [1.54, 1.807) is 31.2 Å². The van der Waals surface area contributed by atoms with Gasteiger partial charge in [0.15, 0.2) is 0 Å². The van der Waals surface area contributed by atoms with Crippen LogP contribution in [0.25, 0.3) is 0 Å². The third-order valence-electron chi connectivity index (χ3n) is 5.81. The number of anilines is 2. The van der Waals surface area contributed by atoms with Crippen LogP contribution in [-0.2, 0) is 4.74 Å². The normalized spacial score (nSPS) is 14.4. The van der Waals surface area contributed by atoms with E-state index < -0.39 is 6.09 Å². The van der Waals surface area contributed by atoms with Gasteiger partial charge in [-0.2, -0.15) is 0 Å². The summed E-state index contributed by atoms with van der Waals surface area (Å²) in [6.45, 7) is 5.29. The van der Waals surface area contributed by atoms with Crippen molar-refractivity contribution >= 4 is 17.5 Å².